The van der Waals surface area contributed by atoms with Crippen LogP contribution in [0.15, 0.2) is 64.7 Å². The molecule has 0 saturated heterocycles. The van der Waals surface area contributed by atoms with E-state index in [9.17, 15) is 4.79 Å². The number of hydrogen-bond acceptors (Lipinski definition) is 5. The first-order valence-electron chi connectivity index (χ1n) is 7.30. The number of ketones is 1. The minimum absolute atomic E-state index is 0.00727. The second-order valence-electron chi connectivity index (χ2n) is 5.16. The van der Waals surface area contributed by atoms with Crippen LogP contribution in [0.4, 0.5) is 0 Å². The molecule has 0 atom stereocenters. The fourth-order valence-electron chi connectivity index (χ4n) is 2.29. The van der Waals surface area contributed by atoms with Crippen LogP contribution in [0, 0.1) is 11.3 Å². The molecule has 0 fully saturated rings. The quantitative estimate of drug-likeness (QED) is 0.539. The van der Waals surface area contributed by atoms with E-state index in [-0.39, 0.29) is 11.4 Å². The average Bonchev–Trinajstić information content (AvgIpc) is 3.08. The Labute approximate surface area is 138 Å². The molecule has 1 aromatic heterocycles. The molecule has 3 aromatic rings. The molecular weight excluding hydrogens is 302 g/mol. The molecule has 0 spiro atoms. The van der Waals surface area contributed by atoms with E-state index >= 15 is 0 Å². The van der Waals surface area contributed by atoms with Gasteiger partial charge in [-0.15, -0.1) is 5.10 Å². The van der Waals surface area contributed by atoms with Gasteiger partial charge in [0.2, 0.25) is 0 Å². The van der Waals surface area contributed by atoms with Gasteiger partial charge in [-0.2, -0.15) is 5.26 Å². The number of hydrogen-bond donors (Lipinski definition) is 0. The van der Waals surface area contributed by atoms with E-state index < -0.39 is 0 Å². The van der Waals surface area contributed by atoms with Gasteiger partial charge < -0.3 is 4.52 Å². The van der Waals surface area contributed by atoms with Crippen molar-refractivity contribution in [3.05, 3.63) is 65.9 Å². The number of carbonyl (C=O) groups is 1. The molecule has 0 radical (unpaired) electrons. The summed E-state index contributed by atoms with van der Waals surface area (Å²) in [5.41, 5.74) is 3.32. The summed E-state index contributed by atoms with van der Waals surface area (Å²) < 4.78 is 5.19. The minimum Gasteiger partial charge on any atom is -0.336 e. The highest BCUT2D eigenvalue weighted by Gasteiger charge is 2.13. The molecule has 0 unspecified atom stereocenters. The molecule has 0 N–H and O–H groups in total. The van der Waals surface area contributed by atoms with Gasteiger partial charge in [-0.25, -0.2) is 0 Å². The van der Waals surface area contributed by atoms with Crippen LogP contribution in [0.25, 0.3) is 28.5 Å². The van der Waals surface area contributed by atoms with Crippen LogP contribution in [0.3, 0.4) is 0 Å². The van der Waals surface area contributed by atoms with Gasteiger partial charge in [0, 0.05) is 10.8 Å². The maximum absolute atomic E-state index is 11.4. The van der Waals surface area contributed by atoms with Gasteiger partial charge in [-0.05, 0) is 24.1 Å². The molecule has 5 nitrogen and oxygen atoms in total. The summed E-state index contributed by atoms with van der Waals surface area (Å²) in [5.74, 6) is 0.0921. The van der Waals surface area contributed by atoms with Crippen molar-refractivity contribution in [1.29, 1.82) is 5.26 Å². The summed E-state index contributed by atoms with van der Waals surface area (Å²) in [7, 11) is 0. The molecule has 1 heterocycles. The third-order valence-electron chi connectivity index (χ3n) is 3.55. The lowest BCUT2D eigenvalue weighted by Gasteiger charge is -2.02. The normalized spacial score (nSPS) is 11.1. The molecule has 5 heteroatoms. The van der Waals surface area contributed by atoms with Gasteiger partial charge in [0.1, 0.15) is 11.8 Å². The molecule has 116 valence electrons. The van der Waals surface area contributed by atoms with Gasteiger partial charge in [-0.1, -0.05) is 54.6 Å². The zero-order chi connectivity index (χ0) is 16.9. The molecule has 0 aliphatic heterocycles. The Hall–Kier alpha value is -3.52. The van der Waals surface area contributed by atoms with Crippen LogP contribution >= 0.6 is 0 Å². The van der Waals surface area contributed by atoms with Crippen molar-refractivity contribution in [3.8, 4) is 28.5 Å². The van der Waals surface area contributed by atoms with Crippen molar-refractivity contribution in [3.63, 3.8) is 0 Å². The second-order valence-corrected chi connectivity index (χ2v) is 5.16. The monoisotopic (exact) mass is 315 g/mol. The number of nitriles is 1. The first-order valence-corrected chi connectivity index (χ1v) is 7.30. The van der Waals surface area contributed by atoms with Crippen LogP contribution in [0.2, 0.25) is 0 Å². The lowest BCUT2D eigenvalue weighted by atomic mass is 10.0. The van der Waals surface area contributed by atoms with E-state index in [0.29, 0.717) is 11.5 Å². The number of benzene rings is 2. The summed E-state index contributed by atoms with van der Waals surface area (Å²) in [6.45, 7) is 1.33. The maximum Gasteiger partial charge on any atom is 0.194 e. The summed E-state index contributed by atoms with van der Waals surface area (Å²) in [5, 5.41) is 16.4. The Kier molecular flexibility index (Phi) is 4.30. The highest BCUT2D eigenvalue weighted by atomic mass is 16.5. The van der Waals surface area contributed by atoms with E-state index in [1.165, 1.54) is 13.0 Å². The molecule has 0 aliphatic carbocycles. The highest BCUT2D eigenvalue weighted by molar-refractivity contribution is 6.01. The predicted molar refractivity (Wildman–Crippen MR) is 89.4 cm³/mol. The molecule has 24 heavy (non-hydrogen) atoms. The highest BCUT2D eigenvalue weighted by Crippen LogP contribution is 2.27. The smallest absolute Gasteiger partial charge is 0.194 e. The molecule has 3 rings (SSSR count). The Bertz CT molecular complexity index is 933. The fourth-order valence-corrected chi connectivity index (χ4v) is 2.29. The number of Topliss-reactive ketones (excluding diaryl/α,β-unsaturated/α-hetero) is 1. The van der Waals surface area contributed by atoms with E-state index in [0.717, 1.165) is 16.7 Å². The molecule has 0 bridgehead atoms. The molecule has 2 aromatic carbocycles. The topological polar surface area (TPSA) is 79.8 Å². The molecule has 0 amide bonds. The lowest BCUT2D eigenvalue weighted by Crippen LogP contribution is -1.93. The maximum atomic E-state index is 11.4. The van der Waals surface area contributed by atoms with Crippen LogP contribution < -0.4 is 0 Å². The summed E-state index contributed by atoms with van der Waals surface area (Å²) in [6, 6.07) is 19.6. The standard InChI is InChI=1S/C19H13N3O2/c1-13(23)17(12-20)11-18-19(24-22-21-18)16-9-7-15(8-10-16)14-5-3-2-4-6-14/h2-11H,1H3/b17-11+. The van der Waals surface area contributed by atoms with Gasteiger partial charge in [0.05, 0.1) is 5.57 Å². The van der Waals surface area contributed by atoms with Crippen LogP contribution in [-0.4, -0.2) is 16.2 Å². The van der Waals surface area contributed by atoms with Crippen molar-refractivity contribution in [2.75, 3.05) is 0 Å². The van der Waals surface area contributed by atoms with Crippen LogP contribution in [0.5, 0.6) is 0 Å². The SMILES string of the molecule is CC(=O)/C(C#N)=C/c1nnoc1-c1ccc(-c2ccccc2)cc1. The van der Waals surface area contributed by atoms with Crippen molar-refractivity contribution in [2.24, 2.45) is 0 Å². The van der Waals surface area contributed by atoms with Crippen molar-refractivity contribution >= 4 is 11.9 Å². The molecule has 0 aliphatic rings. The Balaban J connectivity index is 1.96. The summed E-state index contributed by atoms with van der Waals surface area (Å²) in [6.07, 6.45) is 1.39. The predicted octanol–water partition coefficient (Wildman–Crippen LogP) is 3.90. The van der Waals surface area contributed by atoms with Crippen LogP contribution in [-0.2, 0) is 4.79 Å². The largest absolute Gasteiger partial charge is 0.336 e. The number of nitrogens with zero attached hydrogens (tertiary/aromatic N) is 3. The average molecular weight is 315 g/mol. The number of rotatable bonds is 4. The number of allylic oxidation sites excluding steroid dienone is 1. The van der Waals surface area contributed by atoms with Gasteiger partial charge in [-0.3, -0.25) is 4.79 Å². The van der Waals surface area contributed by atoms with E-state index in [1.807, 2.05) is 60.7 Å². The summed E-state index contributed by atoms with van der Waals surface area (Å²) in [4.78, 5) is 11.4. The number of aromatic nitrogens is 2. The van der Waals surface area contributed by atoms with Crippen molar-refractivity contribution in [1.82, 2.24) is 10.4 Å². The lowest BCUT2D eigenvalue weighted by molar-refractivity contribution is -0.113. The Morgan fingerprint density at radius 1 is 1.04 bits per heavy atom. The number of carbonyl (C=O) groups excluding carboxylic acids is 1. The zero-order valence-corrected chi connectivity index (χ0v) is 12.9. The Morgan fingerprint density at radius 2 is 1.67 bits per heavy atom. The zero-order valence-electron chi connectivity index (χ0n) is 12.9. The third-order valence-corrected chi connectivity index (χ3v) is 3.55. The Morgan fingerprint density at radius 3 is 2.29 bits per heavy atom. The minimum atomic E-state index is -0.328. The van der Waals surface area contributed by atoms with Crippen molar-refractivity contribution < 1.29 is 9.32 Å². The van der Waals surface area contributed by atoms with Gasteiger partial charge in [0.15, 0.2) is 11.5 Å². The van der Waals surface area contributed by atoms with Gasteiger partial charge in [0.25, 0.3) is 0 Å². The van der Waals surface area contributed by atoms with Crippen LogP contribution in [0.1, 0.15) is 12.6 Å². The first kappa shape index (κ1) is 15.4. The van der Waals surface area contributed by atoms with E-state index in [4.69, 9.17) is 9.78 Å². The summed E-state index contributed by atoms with van der Waals surface area (Å²) >= 11 is 0. The van der Waals surface area contributed by atoms with Gasteiger partial charge >= 0.3 is 0 Å². The van der Waals surface area contributed by atoms with E-state index in [2.05, 4.69) is 10.4 Å². The fraction of sp³-hybridized carbons (Fsp3) is 0.0526. The molecular formula is C19H13N3O2. The van der Waals surface area contributed by atoms with E-state index in [1.54, 1.807) is 0 Å². The molecule has 0 saturated carbocycles. The van der Waals surface area contributed by atoms with Crippen molar-refractivity contribution in [2.45, 2.75) is 6.92 Å². The first-order chi connectivity index (χ1) is 11.7. The third kappa shape index (κ3) is 3.13. The second kappa shape index (κ2) is 6.71.